The molecule has 0 aliphatic heterocycles. The van der Waals surface area contributed by atoms with E-state index in [2.05, 4.69) is 10.6 Å². The molecule has 28 heavy (non-hydrogen) atoms. The van der Waals surface area contributed by atoms with Gasteiger partial charge in [0, 0.05) is 19.1 Å². The van der Waals surface area contributed by atoms with Crippen molar-refractivity contribution in [3.05, 3.63) is 42.5 Å². The molecule has 4 nitrogen and oxygen atoms in total. The van der Waals surface area contributed by atoms with Gasteiger partial charge in [-0.1, -0.05) is 56.0 Å². The van der Waals surface area contributed by atoms with E-state index in [4.69, 9.17) is 0 Å². The number of nitrogens with one attached hydrogen (secondary N) is 2. The molecule has 2 aromatic rings. The maximum Gasteiger partial charge on any atom is 0.178 e. The van der Waals surface area contributed by atoms with Gasteiger partial charge in [-0.05, 0) is 55.1 Å². The fourth-order valence-corrected chi connectivity index (χ4v) is 5.40. The number of unbranched alkanes of at least 4 members (excludes halogenated alkanes) is 2. The van der Waals surface area contributed by atoms with Crippen LogP contribution in [0.25, 0.3) is 10.8 Å². The topological polar surface area (TPSA) is 58.2 Å². The standard InChI is InChI=1S/C23H34N2O2S/c26-28(27,23-14-13-20-9-5-6-10-21(20)19-23)18-8-2-7-15-24-16-17-25-22-11-3-1-4-12-22/h5-6,9-10,13-14,19,22,24-25H,1-4,7-8,11-12,15-18H2. The highest BCUT2D eigenvalue weighted by atomic mass is 32.2. The van der Waals surface area contributed by atoms with Gasteiger partial charge in [0.2, 0.25) is 0 Å². The summed E-state index contributed by atoms with van der Waals surface area (Å²) in [4.78, 5) is 0.443. The maximum atomic E-state index is 12.6. The minimum Gasteiger partial charge on any atom is -0.315 e. The SMILES string of the molecule is O=S(=O)(CCCCCNCCNC1CCCCC1)c1ccc2ccccc2c1. The highest BCUT2D eigenvalue weighted by molar-refractivity contribution is 7.91. The second kappa shape index (κ2) is 10.9. The molecule has 0 radical (unpaired) electrons. The zero-order chi connectivity index (χ0) is 19.7. The Morgan fingerprint density at radius 3 is 2.43 bits per heavy atom. The smallest absolute Gasteiger partial charge is 0.178 e. The molecule has 0 saturated heterocycles. The Hall–Kier alpha value is -1.43. The van der Waals surface area contributed by atoms with Crippen LogP contribution in [0.4, 0.5) is 0 Å². The van der Waals surface area contributed by atoms with Gasteiger partial charge < -0.3 is 10.6 Å². The molecule has 1 aliphatic carbocycles. The van der Waals surface area contributed by atoms with Crippen LogP contribution in [0, 0.1) is 0 Å². The van der Waals surface area contributed by atoms with Crippen LogP contribution in [0.3, 0.4) is 0 Å². The molecule has 1 saturated carbocycles. The minimum atomic E-state index is -3.20. The Morgan fingerprint density at radius 2 is 1.61 bits per heavy atom. The lowest BCUT2D eigenvalue weighted by Gasteiger charge is -2.22. The molecular formula is C23H34N2O2S. The molecule has 1 fully saturated rings. The van der Waals surface area contributed by atoms with Crippen LogP contribution in [-0.4, -0.2) is 39.8 Å². The molecule has 0 unspecified atom stereocenters. The van der Waals surface area contributed by atoms with Crippen molar-refractivity contribution in [2.45, 2.75) is 62.3 Å². The monoisotopic (exact) mass is 402 g/mol. The molecule has 1 aliphatic rings. The molecule has 0 bridgehead atoms. The van der Waals surface area contributed by atoms with Crippen LogP contribution < -0.4 is 10.6 Å². The summed E-state index contributed by atoms with van der Waals surface area (Å²) in [7, 11) is -3.20. The van der Waals surface area contributed by atoms with E-state index in [0.717, 1.165) is 55.7 Å². The second-order valence-electron chi connectivity index (χ2n) is 7.93. The van der Waals surface area contributed by atoms with Crippen molar-refractivity contribution in [3.8, 4) is 0 Å². The lowest BCUT2D eigenvalue weighted by Crippen LogP contribution is -2.36. The molecule has 0 atom stereocenters. The minimum absolute atomic E-state index is 0.231. The number of hydrogen-bond donors (Lipinski definition) is 2. The van der Waals surface area contributed by atoms with E-state index in [1.54, 1.807) is 12.1 Å². The van der Waals surface area contributed by atoms with Crippen molar-refractivity contribution < 1.29 is 8.42 Å². The Morgan fingerprint density at radius 1 is 0.821 bits per heavy atom. The Labute approximate surface area is 170 Å². The van der Waals surface area contributed by atoms with Gasteiger partial charge in [0.05, 0.1) is 10.6 Å². The van der Waals surface area contributed by atoms with E-state index in [1.165, 1.54) is 32.1 Å². The van der Waals surface area contributed by atoms with Gasteiger partial charge in [0.15, 0.2) is 9.84 Å². The molecule has 0 amide bonds. The van der Waals surface area contributed by atoms with Crippen molar-refractivity contribution in [3.63, 3.8) is 0 Å². The first-order valence-corrected chi connectivity index (χ1v) is 12.5. The summed E-state index contributed by atoms with van der Waals surface area (Å²) in [5, 5.41) is 9.15. The number of fused-ring (bicyclic) bond motifs is 1. The van der Waals surface area contributed by atoms with E-state index in [1.807, 2.05) is 30.3 Å². The Kier molecular flexibility index (Phi) is 8.31. The summed E-state index contributed by atoms with van der Waals surface area (Å²) < 4.78 is 25.2. The predicted molar refractivity (Wildman–Crippen MR) is 118 cm³/mol. The van der Waals surface area contributed by atoms with E-state index >= 15 is 0 Å². The van der Waals surface area contributed by atoms with Crippen LogP contribution >= 0.6 is 0 Å². The highest BCUT2D eigenvalue weighted by Gasteiger charge is 2.14. The molecule has 0 heterocycles. The quantitative estimate of drug-likeness (QED) is 0.550. The number of hydrogen-bond acceptors (Lipinski definition) is 4. The lowest BCUT2D eigenvalue weighted by molar-refractivity contribution is 0.372. The zero-order valence-electron chi connectivity index (χ0n) is 16.8. The van der Waals surface area contributed by atoms with Crippen LogP contribution in [-0.2, 0) is 9.84 Å². The van der Waals surface area contributed by atoms with E-state index < -0.39 is 9.84 Å². The highest BCUT2D eigenvalue weighted by Crippen LogP contribution is 2.20. The van der Waals surface area contributed by atoms with Crippen molar-refractivity contribution in [1.82, 2.24) is 10.6 Å². The van der Waals surface area contributed by atoms with E-state index in [-0.39, 0.29) is 5.75 Å². The molecule has 154 valence electrons. The molecular weight excluding hydrogens is 368 g/mol. The third-order valence-electron chi connectivity index (χ3n) is 5.69. The van der Waals surface area contributed by atoms with Gasteiger partial charge in [0.25, 0.3) is 0 Å². The third-order valence-corrected chi connectivity index (χ3v) is 7.48. The molecule has 5 heteroatoms. The maximum absolute atomic E-state index is 12.6. The first-order valence-electron chi connectivity index (χ1n) is 10.8. The van der Waals surface area contributed by atoms with Gasteiger partial charge >= 0.3 is 0 Å². The van der Waals surface area contributed by atoms with Crippen LogP contribution in [0.15, 0.2) is 47.4 Å². The van der Waals surface area contributed by atoms with Crippen molar-refractivity contribution in [1.29, 1.82) is 0 Å². The molecule has 3 rings (SSSR count). The average molecular weight is 403 g/mol. The van der Waals surface area contributed by atoms with Crippen molar-refractivity contribution in [2.75, 3.05) is 25.4 Å². The average Bonchev–Trinajstić information content (AvgIpc) is 2.73. The third kappa shape index (κ3) is 6.57. The zero-order valence-corrected chi connectivity index (χ0v) is 17.6. The summed E-state index contributed by atoms with van der Waals surface area (Å²) >= 11 is 0. The molecule has 0 spiro atoms. The Balaban J connectivity index is 1.28. The summed E-state index contributed by atoms with van der Waals surface area (Å²) in [6.07, 6.45) is 9.47. The van der Waals surface area contributed by atoms with Gasteiger partial charge in [-0.3, -0.25) is 0 Å². The van der Waals surface area contributed by atoms with Crippen molar-refractivity contribution >= 4 is 20.6 Å². The predicted octanol–water partition coefficient (Wildman–Crippen LogP) is 4.30. The lowest BCUT2D eigenvalue weighted by atomic mass is 9.95. The number of benzene rings is 2. The first kappa shape index (κ1) is 21.3. The summed E-state index contributed by atoms with van der Waals surface area (Å²) in [6, 6.07) is 14.0. The molecule has 2 aromatic carbocycles. The van der Waals surface area contributed by atoms with Gasteiger partial charge in [-0.15, -0.1) is 0 Å². The summed E-state index contributed by atoms with van der Waals surface area (Å²) in [6.45, 7) is 2.98. The van der Waals surface area contributed by atoms with Crippen LogP contribution in [0.1, 0.15) is 51.4 Å². The van der Waals surface area contributed by atoms with E-state index in [0.29, 0.717) is 4.90 Å². The van der Waals surface area contributed by atoms with Crippen LogP contribution in [0.2, 0.25) is 0 Å². The largest absolute Gasteiger partial charge is 0.315 e. The molecule has 2 N–H and O–H groups in total. The van der Waals surface area contributed by atoms with Gasteiger partial charge in [0.1, 0.15) is 0 Å². The summed E-state index contributed by atoms with van der Waals surface area (Å²) in [5.41, 5.74) is 0. The Bertz CT molecular complexity index is 829. The second-order valence-corrected chi connectivity index (χ2v) is 10.0. The fourth-order valence-electron chi connectivity index (χ4n) is 3.99. The first-order chi connectivity index (χ1) is 13.6. The number of rotatable bonds is 11. The van der Waals surface area contributed by atoms with Gasteiger partial charge in [-0.25, -0.2) is 8.42 Å². The number of sulfone groups is 1. The normalized spacial score (nSPS) is 15.9. The summed E-state index contributed by atoms with van der Waals surface area (Å²) in [5.74, 6) is 0.231. The van der Waals surface area contributed by atoms with Gasteiger partial charge in [-0.2, -0.15) is 0 Å². The molecule has 0 aromatic heterocycles. The van der Waals surface area contributed by atoms with Crippen molar-refractivity contribution in [2.24, 2.45) is 0 Å². The fraction of sp³-hybridized carbons (Fsp3) is 0.565. The van der Waals surface area contributed by atoms with E-state index in [9.17, 15) is 8.42 Å². The van der Waals surface area contributed by atoms with Crippen LogP contribution in [0.5, 0.6) is 0 Å².